The van der Waals surface area contributed by atoms with Crippen LogP contribution in [0.3, 0.4) is 0 Å². The number of aliphatic hydroxyl groups is 2. The van der Waals surface area contributed by atoms with Gasteiger partial charge in [-0.25, -0.2) is 0 Å². The molecule has 2 N–H and O–H groups in total. The molecule has 6 nitrogen and oxygen atoms in total. The first-order chi connectivity index (χ1) is 8.51. The van der Waals surface area contributed by atoms with E-state index in [4.69, 9.17) is 4.52 Å². The van der Waals surface area contributed by atoms with Gasteiger partial charge in [0.2, 0.25) is 5.89 Å². The molecule has 18 heavy (non-hydrogen) atoms. The predicted octanol–water partition coefficient (Wildman–Crippen LogP) is 0.250. The maximum absolute atomic E-state index is 9.87. The van der Waals surface area contributed by atoms with Crippen molar-refractivity contribution in [2.24, 2.45) is 0 Å². The van der Waals surface area contributed by atoms with Crippen LogP contribution in [-0.4, -0.2) is 56.3 Å². The largest absolute Gasteiger partial charge is 0.389 e. The van der Waals surface area contributed by atoms with Crippen LogP contribution in [0, 0.1) is 0 Å². The SMILES string of the molecule is CSCc1noc(CN2CCC(C)(O)C(O)C2)n1. The molecule has 7 heteroatoms. The van der Waals surface area contributed by atoms with Gasteiger partial charge in [0.25, 0.3) is 0 Å². The summed E-state index contributed by atoms with van der Waals surface area (Å²) in [6.45, 7) is 3.32. The van der Waals surface area contributed by atoms with E-state index in [9.17, 15) is 10.2 Å². The van der Waals surface area contributed by atoms with Gasteiger partial charge in [-0.3, -0.25) is 4.90 Å². The fourth-order valence-corrected chi connectivity index (χ4v) is 2.34. The van der Waals surface area contributed by atoms with Crippen LogP contribution in [0.5, 0.6) is 0 Å². The van der Waals surface area contributed by atoms with Crippen LogP contribution in [0.1, 0.15) is 25.1 Å². The third-order valence-electron chi connectivity index (χ3n) is 3.23. The first-order valence-electron chi connectivity index (χ1n) is 5.94. The fourth-order valence-electron chi connectivity index (χ4n) is 1.96. The van der Waals surface area contributed by atoms with Crippen molar-refractivity contribution in [3.63, 3.8) is 0 Å². The smallest absolute Gasteiger partial charge is 0.240 e. The highest BCUT2D eigenvalue weighted by atomic mass is 32.2. The molecule has 0 bridgehead atoms. The van der Waals surface area contributed by atoms with Gasteiger partial charge in [-0.15, -0.1) is 0 Å². The number of hydrogen-bond acceptors (Lipinski definition) is 7. The zero-order chi connectivity index (χ0) is 13.2. The number of piperidine rings is 1. The van der Waals surface area contributed by atoms with Crippen molar-refractivity contribution in [2.75, 3.05) is 19.3 Å². The second-order valence-corrected chi connectivity index (χ2v) is 5.76. The van der Waals surface area contributed by atoms with Gasteiger partial charge in [-0.2, -0.15) is 16.7 Å². The molecule has 0 radical (unpaired) electrons. The summed E-state index contributed by atoms with van der Waals surface area (Å²) in [5.74, 6) is 2.00. The number of aromatic nitrogens is 2. The van der Waals surface area contributed by atoms with E-state index in [0.717, 1.165) is 5.75 Å². The maximum Gasteiger partial charge on any atom is 0.240 e. The fraction of sp³-hybridized carbons (Fsp3) is 0.818. The van der Waals surface area contributed by atoms with Gasteiger partial charge in [0.05, 0.1) is 24.0 Å². The van der Waals surface area contributed by atoms with Crippen LogP contribution in [0.2, 0.25) is 0 Å². The zero-order valence-electron chi connectivity index (χ0n) is 10.7. The summed E-state index contributed by atoms with van der Waals surface area (Å²) in [7, 11) is 0. The standard InChI is InChI=1S/C11H19N3O3S/c1-11(16)3-4-14(5-8(11)15)6-10-12-9(7-18-2)13-17-10/h8,15-16H,3-7H2,1-2H3. The summed E-state index contributed by atoms with van der Waals surface area (Å²) in [5.41, 5.74) is -0.991. The molecule has 102 valence electrons. The number of nitrogens with zero attached hydrogens (tertiary/aromatic N) is 3. The number of thioether (sulfide) groups is 1. The summed E-state index contributed by atoms with van der Waals surface area (Å²) in [6.07, 6.45) is 1.79. The van der Waals surface area contributed by atoms with Crippen molar-refractivity contribution in [1.29, 1.82) is 0 Å². The Balaban J connectivity index is 1.90. The first-order valence-corrected chi connectivity index (χ1v) is 7.34. The van der Waals surface area contributed by atoms with Crippen LogP contribution in [0.25, 0.3) is 0 Å². The van der Waals surface area contributed by atoms with Crippen molar-refractivity contribution in [3.05, 3.63) is 11.7 Å². The normalized spacial score (nSPS) is 29.7. The Hall–Kier alpha value is -0.630. The lowest BCUT2D eigenvalue weighted by molar-refractivity contribution is -0.109. The lowest BCUT2D eigenvalue weighted by atomic mass is 9.91. The zero-order valence-corrected chi connectivity index (χ0v) is 11.5. The second kappa shape index (κ2) is 5.56. The summed E-state index contributed by atoms with van der Waals surface area (Å²) in [4.78, 5) is 6.28. The van der Waals surface area contributed by atoms with Gasteiger partial charge in [0, 0.05) is 13.1 Å². The van der Waals surface area contributed by atoms with Gasteiger partial charge in [0.15, 0.2) is 5.82 Å². The van der Waals surface area contributed by atoms with E-state index in [1.165, 1.54) is 0 Å². The third kappa shape index (κ3) is 3.23. The van der Waals surface area contributed by atoms with E-state index in [0.29, 0.717) is 37.8 Å². The Morgan fingerprint density at radius 3 is 3.06 bits per heavy atom. The number of aliphatic hydroxyl groups excluding tert-OH is 1. The summed E-state index contributed by atoms with van der Waals surface area (Å²) < 4.78 is 5.15. The van der Waals surface area contributed by atoms with E-state index >= 15 is 0 Å². The molecule has 0 spiro atoms. The average Bonchev–Trinajstić information content (AvgIpc) is 2.72. The van der Waals surface area contributed by atoms with Gasteiger partial charge < -0.3 is 14.7 Å². The van der Waals surface area contributed by atoms with Crippen LogP contribution in [0.4, 0.5) is 0 Å². The van der Waals surface area contributed by atoms with Crippen LogP contribution in [-0.2, 0) is 12.3 Å². The first kappa shape index (κ1) is 13.8. The highest BCUT2D eigenvalue weighted by molar-refractivity contribution is 7.97. The van der Waals surface area contributed by atoms with E-state index < -0.39 is 11.7 Å². The Morgan fingerprint density at radius 2 is 2.39 bits per heavy atom. The third-order valence-corrected chi connectivity index (χ3v) is 3.77. The van der Waals surface area contributed by atoms with Crippen LogP contribution in [0.15, 0.2) is 4.52 Å². The molecule has 0 aromatic carbocycles. The molecular weight excluding hydrogens is 254 g/mol. The van der Waals surface area contributed by atoms with E-state index in [-0.39, 0.29) is 0 Å². The summed E-state index contributed by atoms with van der Waals surface area (Å²) in [5, 5.41) is 23.6. The van der Waals surface area contributed by atoms with Crippen LogP contribution >= 0.6 is 11.8 Å². The molecule has 1 aliphatic rings. The molecule has 0 amide bonds. The minimum absolute atomic E-state index is 0.424. The topological polar surface area (TPSA) is 82.6 Å². The predicted molar refractivity (Wildman–Crippen MR) is 68.0 cm³/mol. The quantitative estimate of drug-likeness (QED) is 0.813. The summed E-state index contributed by atoms with van der Waals surface area (Å²) in [6, 6.07) is 0. The van der Waals surface area contributed by atoms with Crippen molar-refractivity contribution in [3.8, 4) is 0 Å². The summed E-state index contributed by atoms with van der Waals surface area (Å²) >= 11 is 1.64. The van der Waals surface area contributed by atoms with Gasteiger partial charge in [0.1, 0.15) is 0 Å². The maximum atomic E-state index is 9.87. The van der Waals surface area contributed by atoms with Crippen molar-refractivity contribution >= 4 is 11.8 Å². The molecule has 1 aliphatic heterocycles. The molecule has 2 atom stereocenters. The molecule has 2 rings (SSSR count). The highest BCUT2D eigenvalue weighted by Crippen LogP contribution is 2.22. The molecule has 2 heterocycles. The molecule has 0 aliphatic carbocycles. The Morgan fingerprint density at radius 1 is 1.61 bits per heavy atom. The van der Waals surface area contributed by atoms with E-state index in [1.807, 2.05) is 11.2 Å². The number of β-amino-alcohol motifs (C(OH)–C–C–N with tert-alkyl or cyclic N) is 1. The van der Waals surface area contributed by atoms with E-state index in [1.54, 1.807) is 18.7 Å². The minimum atomic E-state index is -0.991. The molecular formula is C11H19N3O3S. The monoisotopic (exact) mass is 273 g/mol. The molecule has 1 saturated heterocycles. The Kier molecular flexibility index (Phi) is 4.26. The highest BCUT2D eigenvalue weighted by Gasteiger charge is 2.36. The van der Waals surface area contributed by atoms with Crippen LogP contribution < -0.4 is 0 Å². The number of likely N-dealkylation sites (tertiary alicyclic amines) is 1. The van der Waals surface area contributed by atoms with E-state index in [2.05, 4.69) is 10.1 Å². The molecule has 1 aromatic heterocycles. The molecule has 0 saturated carbocycles. The lowest BCUT2D eigenvalue weighted by Crippen LogP contribution is -2.53. The molecule has 2 unspecified atom stereocenters. The van der Waals surface area contributed by atoms with Crippen molar-refractivity contribution < 1.29 is 14.7 Å². The van der Waals surface area contributed by atoms with Gasteiger partial charge >= 0.3 is 0 Å². The second-order valence-electron chi connectivity index (χ2n) is 4.90. The van der Waals surface area contributed by atoms with Gasteiger partial charge in [-0.05, 0) is 19.6 Å². The van der Waals surface area contributed by atoms with Gasteiger partial charge in [-0.1, -0.05) is 5.16 Å². The molecule has 1 aromatic rings. The van der Waals surface area contributed by atoms with Crippen molar-refractivity contribution in [2.45, 2.75) is 37.3 Å². The lowest BCUT2D eigenvalue weighted by Gasteiger charge is -2.39. The molecule has 1 fully saturated rings. The Labute approximate surface area is 110 Å². The number of hydrogen-bond donors (Lipinski definition) is 2. The average molecular weight is 273 g/mol. The minimum Gasteiger partial charge on any atom is -0.389 e. The Bertz CT molecular complexity index is 397. The van der Waals surface area contributed by atoms with Crippen molar-refractivity contribution in [1.82, 2.24) is 15.0 Å². The number of rotatable bonds is 4.